The number of aliphatic hydroxyl groups excluding tert-OH is 2. The Morgan fingerprint density at radius 1 is 0.500 bits per heavy atom. The van der Waals surface area contributed by atoms with E-state index in [0.717, 1.165) is 57.8 Å². The molecule has 0 radical (unpaired) electrons. The summed E-state index contributed by atoms with van der Waals surface area (Å²) in [5.41, 5.74) is 0. The zero-order valence-corrected chi connectivity index (χ0v) is 38.9. The van der Waals surface area contributed by atoms with Gasteiger partial charge < -0.3 is 20.3 Å². The van der Waals surface area contributed by atoms with Gasteiger partial charge in [0.25, 0.3) is 0 Å². The minimum Gasteiger partial charge on any atom is -0.462 e. The molecule has 3 unspecified atom stereocenters. The van der Waals surface area contributed by atoms with Gasteiger partial charge in [-0.1, -0.05) is 231 Å². The van der Waals surface area contributed by atoms with Crippen LogP contribution in [-0.4, -0.2) is 46.9 Å². The van der Waals surface area contributed by atoms with Crippen LogP contribution in [0.3, 0.4) is 0 Å². The average molecular weight is 818 g/mol. The molecular weight excluding hydrogens is 719 g/mol. The monoisotopic (exact) mass is 818 g/mol. The lowest BCUT2D eigenvalue weighted by molar-refractivity contribution is -0.151. The first kappa shape index (κ1) is 56.3. The van der Waals surface area contributed by atoms with Gasteiger partial charge in [0.2, 0.25) is 5.91 Å². The molecule has 0 saturated carbocycles. The van der Waals surface area contributed by atoms with E-state index in [9.17, 15) is 19.8 Å². The molecule has 342 valence electrons. The van der Waals surface area contributed by atoms with Gasteiger partial charge >= 0.3 is 5.97 Å². The van der Waals surface area contributed by atoms with Crippen molar-refractivity contribution in [3.8, 4) is 0 Å². The van der Waals surface area contributed by atoms with E-state index in [2.05, 4.69) is 50.4 Å². The topological polar surface area (TPSA) is 95.9 Å². The van der Waals surface area contributed by atoms with Crippen molar-refractivity contribution in [1.82, 2.24) is 5.32 Å². The molecule has 1 amide bonds. The van der Waals surface area contributed by atoms with Gasteiger partial charge in [-0.15, -0.1) is 0 Å². The highest BCUT2D eigenvalue weighted by atomic mass is 16.5. The summed E-state index contributed by atoms with van der Waals surface area (Å²) >= 11 is 0. The van der Waals surface area contributed by atoms with E-state index >= 15 is 0 Å². The summed E-state index contributed by atoms with van der Waals surface area (Å²) in [6.45, 7) is 6.44. The number of ether oxygens (including phenoxy) is 1. The largest absolute Gasteiger partial charge is 0.462 e. The molecule has 0 saturated heterocycles. The van der Waals surface area contributed by atoms with Crippen LogP contribution < -0.4 is 5.32 Å². The Labute approximate surface area is 361 Å². The van der Waals surface area contributed by atoms with Crippen LogP contribution in [0.1, 0.15) is 271 Å². The highest BCUT2D eigenvalue weighted by Gasteiger charge is 2.24. The summed E-state index contributed by atoms with van der Waals surface area (Å²) < 4.78 is 5.89. The Morgan fingerprint density at radius 3 is 1.31 bits per heavy atom. The van der Waals surface area contributed by atoms with Crippen molar-refractivity contribution in [3.05, 3.63) is 24.3 Å². The molecule has 0 aromatic heterocycles. The molecule has 6 nitrogen and oxygen atoms in total. The molecule has 0 aliphatic heterocycles. The smallest absolute Gasteiger partial charge is 0.306 e. The van der Waals surface area contributed by atoms with Gasteiger partial charge in [0.05, 0.1) is 25.2 Å². The van der Waals surface area contributed by atoms with E-state index in [4.69, 9.17) is 4.74 Å². The normalized spacial score (nSPS) is 13.4. The second-order valence-corrected chi connectivity index (χ2v) is 17.6. The maximum Gasteiger partial charge on any atom is 0.306 e. The minimum atomic E-state index is -0.784. The summed E-state index contributed by atoms with van der Waals surface area (Å²) in [4.78, 5) is 26.0. The lowest BCUT2D eigenvalue weighted by Gasteiger charge is -2.24. The van der Waals surface area contributed by atoms with Crippen molar-refractivity contribution in [2.75, 3.05) is 6.61 Å². The van der Waals surface area contributed by atoms with E-state index < -0.39 is 18.2 Å². The van der Waals surface area contributed by atoms with Gasteiger partial charge in [-0.25, -0.2) is 0 Å². The van der Waals surface area contributed by atoms with Crippen LogP contribution in [0.15, 0.2) is 24.3 Å². The molecule has 3 atom stereocenters. The number of rotatable bonds is 46. The Morgan fingerprint density at radius 2 is 0.862 bits per heavy atom. The van der Waals surface area contributed by atoms with E-state index in [-0.39, 0.29) is 24.9 Å². The van der Waals surface area contributed by atoms with Crippen molar-refractivity contribution in [2.45, 2.75) is 289 Å². The number of hydrogen-bond donors (Lipinski definition) is 3. The third-order valence-corrected chi connectivity index (χ3v) is 11.8. The first-order valence-corrected chi connectivity index (χ1v) is 25.6. The lowest BCUT2D eigenvalue weighted by atomic mass is 10.0. The first-order valence-electron chi connectivity index (χ1n) is 25.6. The zero-order chi connectivity index (χ0) is 42.4. The SMILES string of the molecule is CCCCC/C=C/C=C/CCCCCCCCC(=O)OC(CCCCCCCCC)CC(=O)NC(CO)C(O)CCCCCCCCCCCCCCCCCCC. The Bertz CT molecular complexity index is 919. The minimum absolute atomic E-state index is 0.0764. The van der Waals surface area contributed by atoms with E-state index in [0.29, 0.717) is 19.3 Å². The van der Waals surface area contributed by atoms with Gasteiger partial charge in [0.1, 0.15) is 6.10 Å². The number of allylic oxidation sites excluding steroid dienone is 4. The highest BCUT2D eigenvalue weighted by molar-refractivity contribution is 5.77. The number of nitrogens with one attached hydrogen (secondary N) is 1. The fraction of sp³-hybridized carbons (Fsp3) is 0.885. The van der Waals surface area contributed by atoms with Crippen LogP contribution in [0, 0.1) is 0 Å². The van der Waals surface area contributed by atoms with E-state index in [1.807, 2.05) is 0 Å². The number of hydrogen-bond acceptors (Lipinski definition) is 5. The second-order valence-electron chi connectivity index (χ2n) is 17.6. The molecule has 0 spiro atoms. The second kappa shape index (κ2) is 46.4. The summed E-state index contributed by atoms with van der Waals surface area (Å²) in [6, 6.07) is -0.698. The standard InChI is InChI=1S/C52H99NO5/c1-4-7-10-13-16-18-20-22-24-25-27-28-30-32-35-38-41-44-50(55)49(47-54)53-51(56)46-48(43-40-37-34-15-12-9-6-3)58-52(57)45-42-39-36-33-31-29-26-23-21-19-17-14-11-8-5-2/h17,19,21,23,48-50,54-55H,4-16,18,20,22,24-47H2,1-3H3,(H,53,56)/b19-17+,23-21+. The molecule has 3 N–H and O–H groups in total. The van der Waals surface area contributed by atoms with Crippen molar-refractivity contribution >= 4 is 11.9 Å². The quantitative estimate of drug-likeness (QED) is 0.0323. The molecule has 0 rings (SSSR count). The van der Waals surface area contributed by atoms with Crippen LogP contribution in [0.5, 0.6) is 0 Å². The van der Waals surface area contributed by atoms with Crippen LogP contribution >= 0.6 is 0 Å². The van der Waals surface area contributed by atoms with Crippen molar-refractivity contribution < 1.29 is 24.5 Å². The molecule has 0 aromatic carbocycles. The summed E-state index contributed by atoms with van der Waals surface area (Å²) in [5.74, 6) is -0.481. The molecule has 0 fully saturated rings. The van der Waals surface area contributed by atoms with Crippen LogP contribution in [0.4, 0.5) is 0 Å². The molecule has 0 aliphatic rings. The summed E-state index contributed by atoms with van der Waals surface area (Å²) in [5, 5.41) is 23.7. The van der Waals surface area contributed by atoms with Crippen LogP contribution in [-0.2, 0) is 14.3 Å². The summed E-state index contributed by atoms with van der Waals surface area (Å²) in [7, 11) is 0. The van der Waals surface area contributed by atoms with Gasteiger partial charge in [0.15, 0.2) is 0 Å². The Hall–Kier alpha value is -1.66. The molecular formula is C52H99NO5. The fourth-order valence-corrected chi connectivity index (χ4v) is 7.89. The molecule has 0 heterocycles. The van der Waals surface area contributed by atoms with Gasteiger partial charge in [-0.2, -0.15) is 0 Å². The number of amides is 1. The number of esters is 1. The predicted octanol–water partition coefficient (Wildman–Crippen LogP) is 15.1. The number of carbonyl (C=O) groups is 2. The molecule has 0 aliphatic carbocycles. The predicted molar refractivity (Wildman–Crippen MR) is 250 cm³/mol. The Balaban J connectivity index is 4.33. The average Bonchev–Trinajstić information content (AvgIpc) is 3.21. The molecule has 58 heavy (non-hydrogen) atoms. The highest BCUT2D eigenvalue weighted by Crippen LogP contribution is 2.18. The van der Waals surface area contributed by atoms with E-state index in [1.165, 1.54) is 167 Å². The van der Waals surface area contributed by atoms with Gasteiger partial charge in [-0.05, 0) is 51.4 Å². The van der Waals surface area contributed by atoms with Crippen molar-refractivity contribution in [1.29, 1.82) is 0 Å². The third kappa shape index (κ3) is 41.1. The molecule has 0 bridgehead atoms. The van der Waals surface area contributed by atoms with E-state index in [1.54, 1.807) is 0 Å². The number of carbonyl (C=O) groups excluding carboxylic acids is 2. The van der Waals surface area contributed by atoms with Crippen molar-refractivity contribution in [3.63, 3.8) is 0 Å². The zero-order valence-electron chi connectivity index (χ0n) is 38.9. The fourth-order valence-electron chi connectivity index (χ4n) is 7.89. The van der Waals surface area contributed by atoms with Gasteiger partial charge in [0, 0.05) is 6.42 Å². The summed E-state index contributed by atoms with van der Waals surface area (Å²) in [6.07, 6.45) is 52.5. The third-order valence-electron chi connectivity index (χ3n) is 11.8. The maximum atomic E-state index is 13.1. The maximum absolute atomic E-state index is 13.1. The van der Waals surface area contributed by atoms with Crippen LogP contribution in [0.2, 0.25) is 0 Å². The lowest BCUT2D eigenvalue weighted by Crippen LogP contribution is -2.46. The number of unbranched alkanes of at least 4 members (excludes halogenated alkanes) is 31. The molecule has 0 aromatic rings. The number of aliphatic hydroxyl groups is 2. The first-order chi connectivity index (χ1) is 28.5. The van der Waals surface area contributed by atoms with Crippen molar-refractivity contribution in [2.24, 2.45) is 0 Å². The Kier molecular flexibility index (Phi) is 45.1. The molecule has 6 heteroatoms. The van der Waals surface area contributed by atoms with Gasteiger partial charge in [-0.3, -0.25) is 9.59 Å². The van der Waals surface area contributed by atoms with Crippen LogP contribution in [0.25, 0.3) is 0 Å².